The number of likely N-dealkylation sites (tertiary alicyclic amines) is 1. The van der Waals surface area contributed by atoms with Crippen molar-refractivity contribution in [2.75, 3.05) is 18.4 Å². The van der Waals surface area contributed by atoms with Gasteiger partial charge in [0.1, 0.15) is 0 Å². The second-order valence-electron chi connectivity index (χ2n) is 6.36. The molecule has 1 saturated heterocycles. The van der Waals surface area contributed by atoms with E-state index in [1.807, 2.05) is 23.1 Å². The number of nitrogens with one attached hydrogen (secondary N) is 1. The number of para-hydroxylation sites is 1. The first-order chi connectivity index (χ1) is 12.0. The van der Waals surface area contributed by atoms with Gasteiger partial charge in [0.25, 0.3) is 0 Å². The molecule has 0 unspecified atom stereocenters. The molecule has 1 aromatic carbocycles. The topological polar surface area (TPSA) is 92.5 Å². The number of hydrogen-bond acceptors (Lipinski definition) is 3. The summed E-state index contributed by atoms with van der Waals surface area (Å²) in [7, 11) is 0. The number of hydrogen-bond donors (Lipinski definition) is 2. The molecular weight excluding hydrogens is 318 g/mol. The van der Waals surface area contributed by atoms with E-state index >= 15 is 0 Å². The van der Waals surface area contributed by atoms with Crippen molar-refractivity contribution in [2.24, 2.45) is 11.7 Å². The Balaban J connectivity index is 1.90. The zero-order valence-electron chi connectivity index (χ0n) is 14.4. The average Bonchev–Trinajstić information content (AvgIpc) is 2.61. The maximum absolute atomic E-state index is 12.6. The molecule has 3 amide bonds. The van der Waals surface area contributed by atoms with E-state index in [1.165, 1.54) is 6.08 Å². The van der Waals surface area contributed by atoms with Crippen molar-refractivity contribution < 1.29 is 14.4 Å². The van der Waals surface area contributed by atoms with Gasteiger partial charge < -0.3 is 16.0 Å². The minimum Gasteiger partial charge on any atom is -0.370 e. The Morgan fingerprint density at radius 3 is 2.56 bits per heavy atom. The first-order valence-corrected chi connectivity index (χ1v) is 8.57. The number of piperidine rings is 1. The fraction of sp³-hybridized carbons (Fsp3) is 0.421. The molecule has 1 aliphatic heterocycles. The Labute approximate surface area is 148 Å². The smallest absolute Gasteiger partial charge is 0.247 e. The van der Waals surface area contributed by atoms with Gasteiger partial charge in [0, 0.05) is 25.2 Å². The highest BCUT2D eigenvalue weighted by Crippen LogP contribution is 2.23. The van der Waals surface area contributed by atoms with Crippen LogP contribution in [0.4, 0.5) is 5.69 Å². The molecule has 134 valence electrons. The first kappa shape index (κ1) is 18.7. The highest BCUT2D eigenvalue weighted by Gasteiger charge is 2.23. The molecule has 0 bridgehead atoms. The van der Waals surface area contributed by atoms with Crippen molar-refractivity contribution >= 4 is 23.4 Å². The van der Waals surface area contributed by atoms with E-state index in [-0.39, 0.29) is 24.1 Å². The van der Waals surface area contributed by atoms with Crippen LogP contribution in [0.2, 0.25) is 0 Å². The van der Waals surface area contributed by atoms with Crippen LogP contribution in [0.25, 0.3) is 0 Å². The Morgan fingerprint density at radius 1 is 1.24 bits per heavy atom. The largest absolute Gasteiger partial charge is 0.370 e. The van der Waals surface area contributed by atoms with Gasteiger partial charge in [-0.05, 0) is 42.9 Å². The minimum absolute atomic E-state index is 0.0497. The van der Waals surface area contributed by atoms with Gasteiger partial charge in [-0.2, -0.15) is 0 Å². The normalized spacial score (nSPS) is 14.8. The van der Waals surface area contributed by atoms with E-state index in [9.17, 15) is 14.4 Å². The van der Waals surface area contributed by atoms with Gasteiger partial charge in [-0.3, -0.25) is 14.4 Å². The van der Waals surface area contributed by atoms with Gasteiger partial charge in [-0.1, -0.05) is 24.8 Å². The van der Waals surface area contributed by atoms with Gasteiger partial charge in [0.15, 0.2) is 0 Å². The van der Waals surface area contributed by atoms with Gasteiger partial charge in [0.05, 0.1) is 6.42 Å². The summed E-state index contributed by atoms with van der Waals surface area (Å²) in [5.41, 5.74) is 6.62. The van der Waals surface area contributed by atoms with Crippen LogP contribution in [0.1, 0.15) is 31.2 Å². The summed E-state index contributed by atoms with van der Waals surface area (Å²) in [4.78, 5) is 36.8. The molecule has 1 aliphatic rings. The van der Waals surface area contributed by atoms with Crippen LogP contribution in [0.3, 0.4) is 0 Å². The van der Waals surface area contributed by atoms with Crippen molar-refractivity contribution in [1.29, 1.82) is 0 Å². The van der Waals surface area contributed by atoms with Crippen LogP contribution >= 0.6 is 0 Å². The summed E-state index contributed by atoms with van der Waals surface area (Å²) < 4.78 is 0. The molecule has 2 rings (SSSR count). The van der Waals surface area contributed by atoms with Crippen LogP contribution in [0.15, 0.2) is 36.9 Å². The van der Waals surface area contributed by atoms with E-state index in [1.54, 1.807) is 6.07 Å². The van der Waals surface area contributed by atoms with Gasteiger partial charge >= 0.3 is 0 Å². The molecule has 6 nitrogen and oxygen atoms in total. The van der Waals surface area contributed by atoms with Crippen LogP contribution in [-0.4, -0.2) is 35.7 Å². The van der Waals surface area contributed by atoms with Crippen molar-refractivity contribution in [2.45, 2.75) is 32.1 Å². The predicted octanol–water partition coefficient (Wildman–Crippen LogP) is 1.86. The fourth-order valence-corrected chi connectivity index (χ4v) is 3.07. The highest BCUT2D eigenvalue weighted by molar-refractivity contribution is 5.99. The lowest BCUT2D eigenvalue weighted by molar-refractivity contribution is -0.132. The second kappa shape index (κ2) is 9.01. The second-order valence-corrected chi connectivity index (χ2v) is 6.36. The summed E-state index contributed by atoms with van der Waals surface area (Å²) in [6.45, 7) is 4.83. The molecule has 25 heavy (non-hydrogen) atoms. The first-order valence-electron chi connectivity index (χ1n) is 8.57. The Bertz CT molecular complexity index is 649. The lowest BCUT2D eigenvalue weighted by Crippen LogP contribution is -2.39. The van der Waals surface area contributed by atoms with E-state index in [0.29, 0.717) is 31.1 Å². The minimum atomic E-state index is -0.296. The number of anilines is 1. The molecule has 6 heteroatoms. The zero-order chi connectivity index (χ0) is 18.2. The number of nitrogens with two attached hydrogens (primary N) is 1. The maximum atomic E-state index is 12.6. The molecule has 0 atom stereocenters. The Hall–Kier alpha value is -2.63. The lowest BCUT2D eigenvalue weighted by atomic mass is 9.92. The van der Waals surface area contributed by atoms with Crippen molar-refractivity contribution in [1.82, 2.24) is 4.90 Å². The fourth-order valence-electron chi connectivity index (χ4n) is 3.07. The van der Waals surface area contributed by atoms with Crippen LogP contribution in [-0.2, 0) is 20.8 Å². The molecular formula is C19H25N3O3. The molecule has 1 aromatic rings. The lowest BCUT2D eigenvalue weighted by Gasteiger charge is -2.32. The third-order valence-electron chi connectivity index (χ3n) is 4.57. The number of nitrogens with zero attached hydrogens (tertiary/aromatic N) is 1. The number of benzene rings is 1. The molecule has 1 fully saturated rings. The monoisotopic (exact) mass is 343 g/mol. The number of carbonyl (C=O) groups is 3. The summed E-state index contributed by atoms with van der Waals surface area (Å²) in [5, 5.41) is 2.73. The molecule has 0 radical (unpaired) electrons. The van der Waals surface area contributed by atoms with Gasteiger partial charge in [-0.15, -0.1) is 0 Å². The van der Waals surface area contributed by atoms with Crippen LogP contribution < -0.4 is 11.1 Å². The van der Waals surface area contributed by atoms with E-state index in [2.05, 4.69) is 11.9 Å². The summed E-state index contributed by atoms with van der Waals surface area (Å²) in [6.07, 6.45) is 4.46. The maximum Gasteiger partial charge on any atom is 0.247 e. The predicted molar refractivity (Wildman–Crippen MR) is 96.7 cm³/mol. The Morgan fingerprint density at radius 2 is 1.92 bits per heavy atom. The number of carbonyl (C=O) groups excluding carboxylic acids is 3. The van der Waals surface area contributed by atoms with Crippen molar-refractivity contribution in [3.63, 3.8) is 0 Å². The molecule has 0 aliphatic carbocycles. The molecule has 0 saturated carbocycles. The standard InChI is InChI=1S/C19H25N3O3/c1-2-18(24)21-16-6-4-3-5-15(16)13-19(25)22-11-9-14(10-12-22)7-8-17(20)23/h2-6,14H,1,7-13H2,(H2,20,23)(H,21,24). The van der Waals surface area contributed by atoms with Crippen molar-refractivity contribution in [3.05, 3.63) is 42.5 Å². The number of amides is 3. The van der Waals surface area contributed by atoms with Gasteiger partial charge in [-0.25, -0.2) is 0 Å². The third kappa shape index (κ3) is 5.74. The summed E-state index contributed by atoms with van der Waals surface area (Å²) in [5.74, 6) is -0.0591. The number of primary amides is 1. The third-order valence-corrected chi connectivity index (χ3v) is 4.57. The zero-order valence-corrected chi connectivity index (χ0v) is 14.4. The highest BCUT2D eigenvalue weighted by atomic mass is 16.2. The molecule has 3 N–H and O–H groups in total. The Kier molecular flexibility index (Phi) is 6.74. The van der Waals surface area contributed by atoms with Crippen LogP contribution in [0, 0.1) is 5.92 Å². The quantitative estimate of drug-likeness (QED) is 0.740. The molecule has 0 aromatic heterocycles. The van der Waals surface area contributed by atoms with E-state index in [0.717, 1.165) is 24.8 Å². The van der Waals surface area contributed by atoms with E-state index < -0.39 is 0 Å². The molecule has 1 heterocycles. The number of rotatable bonds is 7. The summed E-state index contributed by atoms with van der Waals surface area (Å²) >= 11 is 0. The van der Waals surface area contributed by atoms with E-state index in [4.69, 9.17) is 5.73 Å². The van der Waals surface area contributed by atoms with Gasteiger partial charge in [0.2, 0.25) is 17.7 Å². The summed E-state index contributed by atoms with van der Waals surface area (Å²) in [6, 6.07) is 7.29. The van der Waals surface area contributed by atoms with Crippen LogP contribution in [0.5, 0.6) is 0 Å². The van der Waals surface area contributed by atoms with Crippen molar-refractivity contribution in [3.8, 4) is 0 Å². The molecule has 0 spiro atoms. The average molecular weight is 343 g/mol. The SMILES string of the molecule is C=CC(=O)Nc1ccccc1CC(=O)N1CCC(CCC(N)=O)CC1.